The quantitative estimate of drug-likeness (QED) is 0.389. The lowest BCUT2D eigenvalue weighted by atomic mass is 10.1. The summed E-state index contributed by atoms with van der Waals surface area (Å²) in [5.74, 6) is -0.324. The number of aromatic nitrogens is 4. The Morgan fingerprint density at radius 2 is 1.74 bits per heavy atom. The molecule has 0 bridgehead atoms. The first kappa shape index (κ1) is 19.5. The van der Waals surface area contributed by atoms with Crippen molar-refractivity contribution >= 4 is 56.6 Å². The summed E-state index contributed by atoms with van der Waals surface area (Å²) in [5, 5.41) is 10.2. The molecule has 0 unspecified atom stereocenters. The second kappa shape index (κ2) is 7.98. The standard InChI is InChI=1S/C23H15Cl2N5O/c24-18-4-1-5-19(25)17(18)13-30-21-11-14-3-2-8-27-20(14)12-16(21)22(29-30)23(31)28-15-6-9-26-10-7-15/h1-12H,13H2,(H,26,28,31). The Labute approximate surface area is 187 Å². The van der Waals surface area contributed by atoms with Crippen molar-refractivity contribution < 1.29 is 4.79 Å². The number of nitrogens with one attached hydrogen (secondary N) is 1. The van der Waals surface area contributed by atoms with Crippen LogP contribution < -0.4 is 5.32 Å². The maximum Gasteiger partial charge on any atom is 0.276 e. The smallest absolute Gasteiger partial charge is 0.276 e. The van der Waals surface area contributed by atoms with Crippen molar-refractivity contribution in [2.45, 2.75) is 6.54 Å². The lowest BCUT2D eigenvalue weighted by Gasteiger charge is -2.08. The Hall–Kier alpha value is -3.48. The Kier molecular flexibility index (Phi) is 5.02. The Balaban J connectivity index is 1.66. The number of halogens is 2. The van der Waals surface area contributed by atoms with Gasteiger partial charge in [-0.2, -0.15) is 5.10 Å². The molecule has 1 amide bonds. The SMILES string of the molecule is O=C(Nc1ccncc1)c1nn(Cc2c(Cl)cccc2Cl)c2cc3cccnc3cc12. The number of benzene rings is 2. The number of rotatable bonds is 4. The summed E-state index contributed by atoms with van der Waals surface area (Å²) in [6.07, 6.45) is 4.95. The van der Waals surface area contributed by atoms with Crippen LogP contribution in [0.1, 0.15) is 16.1 Å². The molecule has 0 radical (unpaired) electrons. The number of fused-ring (bicyclic) bond motifs is 2. The van der Waals surface area contributed by atoms with E-state index >= 15 is 0 Å². The third kappa shape index (κ3) is 3.71. The molecule has 31 heavy (non-hydrogen) atoms. The molecule has 6 nitrogen and oxygen atoms in total. The molecule has 0 aliphatic rings. The first-order valence-corrected chi connectivity index (χ1v) is 10.3. The van der Waals surface area contributed by atoms with E-state index in [0.29, 0.717) is 33.4 Å². The number of hydrogen-bond donors (Lipinski definition) is 1. The largest absolute Gasteiger partial charge is 0.320 e. The molecular weight excluding hydrogens is 433 g/mol. The number of hydrogen-bond acceptors (Lipinski definition) is 4. The van der Waals surface area contributed by atoms with Crippen LogP contribution in [0, 0.1) is 0 Å². The summed E-state index contributed by atoms with van der Waals surface area (Å²) in [6, 6.07) is 16.5. The molecular formula is C23H15Cl2N5O. The van der Waals surface area contributed by atoms with Gasteiger partial charge in [0.1, 0.15) is 0 Å². The van der Waals surface area contributed by atoms with Gasteiger partial charge in [-0.3, -0.25) is 19.4 Å². The minimum atomic E-state index is -0.324. The number of carbonyl (C=O) groups is 1. The third-order valence-electron chi connectivity index (χ3n) is 5.00. The van der Waals surface area contributed by atoms with Crippen LogP contribution in [-0.2, 0) is 6.54 Å². The van der Waals surface area contributed by atoms with E-state index < -0.39 is 0 Å². The maximum absolute atomic E-state index is 13.1. The van der Waals surface area contributed by atoms with Gasteiger partial charge >= 0.3 is 0 Å². The van der Waals surface area contributed by atoms with E-state index in [1.807, 2.05) is 24.3 Å². The number of carbonyl (C=O) groups excluding carboxylic acids is 1. The molecule has 3 aromatic heterocycles. The van der Waals surface area contributed by atoms with Gasteiger partial charge in [-0.1, -0.05) is 35.3 Å². The molecule has 0 atom stereocenters. The van der Waals surface area contributed by atoms with Crippen molar-refractivity contribution in [2.24, 2.45) is 0 Å². The van der Waals surface area contributed by atoms with Gasteiger partial charge in [-0.05, 0) is 42.5 Å². The van der Waals surface area contributed by atoms with Gasteiger partial charge in [0.2, 0.25) is 0 Å². The van der Waals surface area contributed by atoms with Crippen molar-refractivity contribution in [3.8, 4) is 0 Å². The highest BCUT2D eigenvalue weighted by Crippen LogP contribution is 2.29. The van der Waals surface area contributed by atoms with E-state index in [1.165, 1.54) is 0 Å². The van der Waals surface area contributed by atoms with Gasteiger partial charge in [0.15, 0.2) is 5.69 Å². The molecule has 0 saturated heterocycles. The fourth-order valence-electron chi connectivity index (χ4n) is 3.49. The third-order valence-corrected chi connectivity index (χ3v) is 5.71. The van der Waals surface area contributed by atoms with E-state index in [0.717, 1.165) is 22.0 Å². The lowest BCUT2D eigenvalue weighted by molar-refractivity contribution is 0.102. The average Bonchev–Trinajstić information content (AvgIpc) is 3.13. The second-order valence-corrected chi connectivity index (χ2v) is 7.78. The minimum Gasteiger partial charge on any atom is -0.320 e. The number of amides is 1. The summed E-state index contributed by atoms with van der Waals surface area (Å²) in [6.45, 7) is 0.323. The van der Waals surface area contributed by atoms with Crippen molar-refractivity contribution in [3.63, 3.8) is 0 Å². The van der Waals surface area contributed by atoms with Crippen LogP contribution >= 0.6 is 23.2 Å². The van der Waals surface area contributed by atoms with Gasteiger partial charge < -0.3 is 5.32 Å². The molecule has 8 heteroatoms. The summed E-state index contributed by atoms with van der Waals surface area (Å²) in [7, 11) is 0. The van der Waals surface area contributed by atoms with Gasteiger partial charge in [0.05, 0.1) is 17.6 Å². The fraction of sp³-hybridized carbons (Fsp3) is 0.0435. The zero-order chi connectivity index (χ0) is 21.4. The van der Waals surface area contributed by atoms with Gasteiger partial charge in [-0.25, -0.2) is 0 Å². The lowest BCUT2D eigenvalue weighted by Crippen LogP contribution is -2.14. The van der Waals surface area contributed by atoms with Gasteiger partial charge in [-0.15, -0.1) is 0 Å². The van der Waals surface area contributed by atoms with Gasteiger partial charge in [0, 0.05) is 50.7 Å². The summed E-state index contributed by atoms with van der Waals surface area (Å²) in [4.78, 5) is 21.5. The first-order chi connectivity index (χ1) is 15.1. The van der Waals surface area contributed by atoms with Crippen LogP contribution in [0.25, 0.3) is 21.8 Å². The number of nitrogens with zero attached hydrogens (tertiary/aromatic N) is 4. The van der Waals surface area contributed by atoms with Crippen molar-refractivity contribution in [1.82, 2.24) is 19.7 Å². The molecule has 0 aliphatic carbocycles. The highest BCUT2D eigenvalue weighted by atomic mass is 35.5. The predicted molar refractivity (Wildman–Crippen MR) is 123 cm³/mol. The first-order valence-electron chi connectivity index (χ1n) is 9.50. The molecule has 0 aliphatic heterocycles. The fourth-order valence-corrected chi connectivity index (χ4v) is 4.00. The molecule has 2 aromatic carbocycles. The molecule has 3 heterocycles. The zero-order valence-corrected chi connectivity index (χ0v) is 17.6. The van der Waals surface area contributed by atoms with E-state index in [9.17, 15) is 4.79 Å². The van der Waals surface area contributed by atoms with Crippen molar-refractivity contribution in [1.29, 1.82) is 0 Å². The highest BCUT2D eigenvalue weighted by Gasteiger charge is 2.20. The average molecular weight is 448 g/mol. The van der Waals surface area contributed by atoms with Crippen molar-refractivity contribution in [2.75, 3.05) is 5.32 Å². The normalized spacial score (nSPS) is 11.2. The highest BCUT2D eigenvalue weighted by molar-refractivity contribution is 6.36. The van der Waals surface area contributed by atoms with Crippen LogP contribution in [0.2, 0.25) is 10.0 Å². The monoisotopic (exact) mass is 447 g/mol. The molecule has 0 fully saturated rings. The van der Waals surface area contributed by atoms with Crippen LogP contribution in [-0.4, -0.2) is 25.7 Å². The van der Waals surface area contributed by atoms with E-state index in [4.69, 9.17) is 23.2 Å². The van der Waals surface area contributed by atoms with E-state index in [1.54, 1.807) is 53.6 Å². The Bertz CT molecular complexity index is 1410. The summed E-state index contributed by atoms with van der Waals surface area (Å²) in [5.41, 5.74) is 3.24. The van der Waals surface area contributed by atoms with E-state index in [-0.39, 0.29) is 5.91 Å². The Morgan fingerprint density at radius 3 is 2.52 bits per heavy atom. The van der Waals surface area contributed by atoms with Crippen LogP contribution in [0.15, 0.2) is 73.2 Å². The molecule has 5 aromatic rings. The van der Waals surface area contributed by atoms with E-state index in [2.05, 4.69) is 20.4 Å². The summed E-state index contributed by atoms with van der Waals surface area (Å²) >= 11 is 12.8. The topological polar surface area (TPSA) is 72.7 Å². The predicted octanol–water partition coefficient (Wildman–Crippen LogP) is 5.59. The molecule has 152 valence electrons. The number of pyridine rings is 2. The van der Waals surface area contributed by atoms with Gasteiger partial charge in [0.25, 0.3) is 5.91 Å². The molecule has 1 N–H and O–H groups in total. The summed E-state index contributed by atoms with van der Waals surface area (Å²) < 4.78 is 1.75. The van der Waals surface area contributed by atoms with Crippen molar-refractivity contribution in [3.05, 3.63) is 94.5 Å². The van der Waals surface area contributed by atoms with Crippen LogP contribution in [0.4, 0.5) is 5.69 Å². The maximum atomic E-state index is 13.1. The zero-order valence-electron chi connectivity index (χ0n) is 16.1. The molecule has 5 rings (SSSR count). The molecule has 0 spiro atoms. The minimum absolute atomic E-state index is 0.294. The Morgan fingerprint density at radius 1 is 0.968 bits per heavy atom. The number of anilines is 1. The van der Waals surface area contributed by atoms with Crippen LogP contribution in [0.5, 0.6) is 0 Å². The van der Waals surface area contributed by atoms with Crippen LogP contribution in [0.3, 0.4) is 0 Å². The second-order valence-electron chi connectivity index (χ2n) is 6.96. The molecule has 0 saturated carbocycles.